The van der Waals surface area contributed by atoms with Crippen LogP contribution < -0.4 is 9.64 Å². The summed E-state index contributed by atoms with van der Waals surface area (Å²) in [7, 11) is 1.61. The lowest BCUT2D eigenvalue weighted by Gasteiger charge is -2.36. The van der Waals surface area contributed by atoms with Crippen LogP contribution in [0, 0.1) is 11.3 Å². The molecule has 1 saturated heterocycles. The van der Waals surface area contributed by atoms with Crippen molar-refractivity contribution in [2.75, 3.05) is 38.2 Å². The van der Waals surface area contributed by atoms with Crippen LogP contribution in [0.2, 0.25) is 0 Å². The number of hydrogen-bond acceptors (Lipinski definition) is 5. The summed E-state index contributed by atoms with van der Waals surface area (Å²) in [5, 5.41) is 9.39. The van der Waals surface area contributed by atoms with Gasteiger partial charge in [-0.2, -0.15) is 5.26 Å². The molecule has 0 unspecified atom stereocenters. The third-order valence-corrected chi connectivity index (χ3v) is 4.99. The number of nitriles is 1. The van der Waals surface area contributed by atoms with Gasteiger partial charge in [0, 0.05) is 31.7 Å². The molecule has 0 N–H and O–H groups in total. The molecule has 0 spiro atoms. The van der Waals surface area contributed by atoms with Gasteiger partial charge >= 0.3 is 0 Å². The Hall–Kier alpha value is -3.33. The Labute approximate surface area is 164 Å². The van der Waals surface area contributed by atoms with Gasteiger partial charge in [-0.15, -0.1) is 0 Å². The van der Waals surface area contributed by atoms with Crippen molar-refractivity contribution >= 4 is 17.4 Å². The third-order valence-electron chi connectivity index (χ3n) is 4.99. The number of nitrogens with zero attached hydrogens (tertiary/aromatic N) is 3. The molecule has 0 bridgehead atoms. The van der Waals surface area contributed by atoms with Crippen molar-refractivity contribution in [2.24, 2.45) is 0 Å². The summed E-state index contributed by atoms with van der Waals surface area (Å²) >= 11 is 0. The number of carbonyl (C=O) groups excluding carboxylic acids is 2. The Morgan fingerprint density at radius 1 is 1.11 bits per heavy atom. The van der Waals surface area contributed by atoms with Gasteiger partial charge in [0.1, 0.15) is 11.8 Å². The third kappa shape index (κ3) is 4.32. The molecule has 144 valence electrons. The van der Waals surface area contributed by atoms with Gasteiger partial charge in [0.2, 0.25) is 5.91 Å². The Balaban J connectivity index is 1.66. The van der Waals surface area contributed by atoms with Crippen LogP contribution in [0.1, 0.15) is 28.4 Å². The molecule has 0 saturated carbocycles. The standard InChI is InChI=1S/C22H23N3O3/c1-16(26)18-6-7-19(15-23)21(14-18)24-8-10-25(11-9-24)22(27)13-17-4-3-5-20(12-17)28-2/h3-7,12,14H,8-11,13H2,1-2H3. The van der Waals surface area contributed by atoms with E-state index >= 15 is 0 Å². The molecule has 1 fully saturated rings. The minimum atomic E-state index is -0.0298. The number of hydrogen-bond donors (Lipinski definition) is 0. The molecule has 1 amide bonds. The fourth-order valence-corrected chi connectivity index (χ4v) is 3.37. The summed E-state index contributed by atoms with van der Waals surface area (Å²) in [4.78, 5) is 28.2. The van der Waals surface area contributed by atoms with E-state index in [9.17, 15) is 14.9 Å². The second-order valence-electron chi connectivity index (χ2n) is 6.80. The largest absolute Gasteiger partial charge is 0.497 e. The molecule has 0 aliphatic carbocycles. The SMILES string of the molecule is COc1cccc(CC(=O)N2CCN(c3cc(C(C)=O)ccc3C#N)CC2)c1. The summed E-state index contributed by atoms with van der Waals surface area (Å²) in [5.41, 5.74) is 2.81. The number of ether oxygens (including phenoxy) is 1. The minimum absolute atomic E-state index is 0.0298. The highest BCUT2D eigenvalue weighted by Gasteiger charge is 2.23. The van der Waals surface area contributed by atoms with Crippen molar-refractivity contribution in [1.82, 2.24) is 4.90 Å². The van der Waals surface area contributed by atoms with E-state index in [1.165, 1.54) is 6.92 Å². The van der Waals surface area contributed by atoms with E-state index in [1.807, 2.05) is 29.2 Å². The summed E-state index contributed by atoms with van der Waals surface area (Å²) in [6.07, 6.45) is 0.334. The van der Waals surface area contributed by atoms with Gasteiger partial charge in [0.15, 0.2) is 5.78 Å². The molecule has 1 aliphatic heterocycles. The van der Waals surface area contributed by atoms with E-state index in [0.717, 1.165) is 17.0 Å². The molecular weight excluding hydrogens is 354 g/mol. The lowest BCUT2D eigenvalue weighted by atomic mass is 10.1. The maximum atomic E-state index is 12.6. The number of carbonyl (C=O) groups is 2. The Bertz CT molecular complexity index is 925. The van der Waals surface area contributed by atoms with Gasteiger partial charge in [-0.1, -0.05) is 12.1 Å². The van der Waals surface area contributed by atoms with Gasteiger partial charge in [-0.05, 0) is 42.8 Å². The number of piperazine rings is 1. The summed E-state index contributed by atoms with van der Waals surface area (Å²) in [6.45, 7) is 3.93. The summed E-state index contributed by atoms with van der Waals surface area (Å²) < 4.78 is 5.21. The number of anilines is 1. The van der Waals surface area contributed by atoms with Gasteiger partial charge in [0.05, 0.1) is 24.8 Å². The van der Waals surface area contributed by atoms with E-state index < -0.39 is 0 Å². The Morgan fingerprint density at radius 2 is 1.86 bits per heavy atom. The molecule has 0 radical (unpaired) electrons. The van der Waals surface area contributed by atoms with E-state index in [0.29, 0.717) is 43.7 Å². The summed E-state index contributed by atoms with van der Waals surface area (Å²) in [6, 6.07) is 14.9. The lowest BCUT2D eigenvalue weighted by Crippen LogP contribution is -2.49. The Kier molecular flexibility index (Phi) is 5.95. The maximum Gasteiger partial charge on any atom is 0.227 e. The number of ketones is 1. The van der Waals surface area contributed by atoms with Crippen LogP contribution in [-0.4, -0.2) is 49.9 Å². The molecule has 1 heterocycles. The van der Waals surface area contributed by atoms with Crippen molar-refractivity contribution in [3.63, 3.8) is 0 Å². The number of rotatable bonds is 5. The van der Waals surface area contributed by atoms with Crippen molar-refractivity contribution in [3.8, 4) is 11.8 Å². The molecule has 0 aromatic heterocycles. The average Bonchev–Trinajstić information content (AvgIpc) is 2.73. The molecule has 0 atom stereocenters. The van der Waals surface area contributed by atoms with Crippen LogP contribution in [0.25, 0.3) is 0 Å². The number of methoxy groups -OCH3 is 1. The first-order valence-electron chi connectivity index (χ1n) is 9.22. The molecule has 3 rings (SSSR count). The first-order valence-corrected chi connectivity index (χ1v) is 9.22. The molecule has 6 nitrogen and oxygen atoms in total. The average molecular weight is 377 g/mol. The van der Waals surface area contributed by atoms with E-state index in [-0.39, 0.29) is 11.7 Å². The smallest absolute Gasteiger partial charge is 0.227 e. The topological polar surface area (TPSA) is 73.6 Å². The quantitative estimate of drug-likeness (QED) is 0.749. The van der Waals surface area contributed by atoms with E-state index in [2.05, 4.69) is 11.0 Å². The highest BCUT2D eigenvalue weighted by Crippen LogP contribution is 2.24. The second-order valence-corrected chi connectivity index (χ2v) is 6.80. The number of Topliss-reactive ketones (excluding diaryl/α,β-unsaturated/α-hetero) is 1. The predicted octanol–water partition coefficient (Wildman–Crippen LogP) is 2.66. The maximum absolute atomic E-state index is 12.6. The van der Waals surface area contributed by atoms with Crippen molar-refractivity contribution in [1.29, 1.82) is 5.26 Å². The first kappa shape index (κ1) is 19.4. The van der Waals surface area contributed by atoms with E-state index in [4.69, 9.17) is 4.74 Å². The predicted molar refractivity (Wildman–Crippen MR) is 107 cm³/mol. The van der Waals surface area contributed by atoms with Gasteiger partial charge in [-0.3, -0.25) is 9.59 Å². The lowest BCUT2D eigenvalue weighted by molar-refractivity contribution is -0.130. The van der Waals surface area contributed by atoms with Gasteiger partial charge < -0.3 is 14.5 Å². The van der Waals surface area contributed by atoms with Crippen LogP contribution >= 0.6 is 0 Å². The van der Waals surface area contributed by atoms with Gasteiger partial charge in [-0.25, -0.2) is 0 Å². The molecular formula is C22H23N3O3. The first-order chi connectivity index (χ1) is 13.5. The summed E-state index contributed by atoms with van der Waals surface area (Å²) in [5.74, 6) is 0.785. The van der Waals surface area contributed by atoms with Crippen molar-refractivity contribution in [3.05, 3.63) is 59.2 Å². The fourth-order valence-electron chi connectivity index (χ4n) is 3.37. The highest BCUT2D eigenvalue weighted by atomic mass is 16.5. The monoisotopic (exact) mass is 377 g/mol. The van der Waals surface area contributed by atoms with E-state index in [1.54, 1.807) is 25.3 Å². The normalized spacial score (nSPS) is 13.8. The van der Waals surface area contributed by atoms with Crippen LogP contribution in [0.15, 0.2) is 42.5 Å². The molecule has 1 aliphatic rings. The zero-order valence-electron chi connectivity index (χ0n) is 16.1. The van der Waals surface area contributed by atoms with Crippen LogP contribution in [0.4, 0.5) is 5.69 Å². The zero-order chi connectivity index (χ0) is 20.1. The molecule has 6 heteroatoms. The fraction of sp³-hybridized carbons (Fsp3) is 0.318. The number of amides is 1. The number of benzene rings is 2. The highest BCUT2D eigenvalue weighted by molar-refractivity contribution is 5.95. The van der Waals surface area contributed by atoms with Crippen molar-refractivity contribution in [2.45, 2.75) is 13.3 Å². The van der Waals surface area contributed by atoms with Crippen LogP contribution in [0.5, 0.6) is 5.75 Å². The molecule has 2 aromatic carbocycles. The minimum Gasteiger partial charge on any atom is -0.497 e. The van der Waals surface area contributed by atoms with Crippen LogP contribution in [0.3, 0.4) is 0 Å². The zero-order valence-corrected chi connectivity index (χ0v) is 16.1. The van der Waals surface area contributed by atoms with Crippen molar-refractivity contribution < 1.29 is 14.3 Å². The second kappa shape index (κ2) is 8.57. The van der Waals surface area contributed by atoms with Crippen LogP contribution in [-0.2, 0) is 11.2 Å². The molecule has 28 heavy (non-hydrogen) atoms. The Morgan fingerprint density at radius 3 is 2.50 bits per heavy atom. The van der Waals surface area contributed by atoms with Gasteiger partial charge in [0.25, 0.3) is 0 Å². The molecule has 2 aromatic rings.